The van der Waals surface area contributed by atoms with Gasteiger partial charge in [0.1, 0.15) is 30.0 Å². The van der Waals surface area contributed by atoms with E-state index in [0.29, 0.717) is 73.7 Å². The van der Waals surface area contributed by atoms with E-state index in [1.807, 2.05) is 4.90 Å². The van der Waals surface area contributed by atoms with Gasteiger partial charge in [-0.3, -0.25) is 4.90 Å². The molecule has 0 aliphatic carbocycles. The molecule has 13 heteroatoms. The van der Waals surface area contributed by atoms with Crippen molar-refractivity contribution < 1.29 is 32.3 Å². The van der Waals surface area contributed by atoms with Gasteiger partial charge in [-0.1, -0.05) is 17.3 Å². The van der Waals surface area contributed by atoms with Gasteiger partial charge in [0.15, 0.2) is 5.82 Å². The van der Waals surface area contributed by atoms with Gasteiger partial charge < -0.3 is 19.6 Å². The summed E-state index contributed by atoms with van der Waals surface area (Å²) in [6, 6.07) is 6.92. The lowest BCUT2D eigenvalue weighted by atomic mass is 9.95. The fourth-order valence-electron chi connectivity index (χ4n) is 5.61. The summed E-state index contributed by atoms with van der Waals surface area (Å²) >= 11 is 0. The summed E-state index contributed by atoms with van der Waals surface area (Å²) in [6.45, 7) is 2.37. The number of aliphatic hydroxyl groups excluding tert-OH is 2. The predicted molar refractivity (Wildman–Crippen MR) is 140 cm³/mol. The van der Waals surface area contributed by atoms with Crippen LogP contribution >= 0.6 is 0 Å². The number of nitrogens with zero attached hydrogens (tertiary/aromatic N) is 6. The highest BCUT2D eigenvalue weighted by atomic mass is 19.3. The van der Waals surface area contributed by atoms with E-state index in [9.17, 15) is 23.4 Å². The molecule has 2 unspecified atom stereocenters. The largest absolute Gasteiger partial charge is 0.392 e. The molecule has 0 radical (unpaired) electrons. The minimum Gasteiger partial charge on any atom is -0.392 e. The summed E-state index contributed by atoms with van der Waals surface area (Å²) in [5.41, 5.74) is 1.25. The zero-order valence-corrected chi connectivity index (χ0v) is 22.1. The first-order valence-electron chi connectivity index (χ1n) is 13.4. The monoisotopic (exact) mass is 572 g/mol. The summed E-state index contributed by atoms with van der Waals surface area (Å²) in [6.07, 6.45) is 1.19. The number of β-amino-alcohol motifs (C(OH)–C–C–N with tert-alkyl or cyclic N) is 1. The van der Waals surface area contributed by atoms with Crippen LogP contribution in [0.25, 0.3) is 22.0 Å². The molecule has 2 aromatic carbocycles. The van der Waals surface area contributed by atoms with Gasteiger partial charge in [-0.15, -0.1) is 0 Å². The number of rotatable bonds is 6. The number of hydrogen-bond acceptors (Lipinski definition) is 9. The van der Waals surface area contributed by atoms with E-state index in [1.165, 1.54) is 30.6 Å². The first-order chi connectivity index (χ1) is 19.6. The zero-order valence-electron chi connectivity index (χ0n) is 22.1. The third-order valence-corrected chi connectivity index (χ3v) is 7.79. The van der Waals surface area contributed by atoms with E-state index >= 15 is 4.39 Å². The van der Waals surface area contributed by atoms with Crippen LogP contribution in [0, 0.1) is 11.6 Å². The molecule has 41 heavy (non-hydrogen) atoms. The molecule has 2 aliphatic heterocycles. The first kappa shape index (κ1) is 27.5. The van der Waals surface area contributed by atoms with Crippen molar-refractivity contribution in [2.24, 2.45) is 0 Å². The van der Waals surface area contributed by atoms with Gasteiger partial charge in [0.25, 0.3) is 5.89 Å². The topological polar surface area (TPSA) is 112 Å². The number of likely N-dealkylation sites (tertiary alicyclic amines) is 1. The Morgan fingerprint density at radius 1 is 1.05 bits per heavy atom. The molecular weight excluding hydrogens is 544 g/mol. The predicted octanol–water partition coefficient (Wildman–Crippen LogP) is 4.51. The smallest absolute Gasteiger partial charge is 0.322 e. The maximum absolute atomic E-state index is 15.2. The molecule has 6 rings (SSSR count). The Morgan fingerprint density at radius 3 is 2.49 bits per heavy atom. The lowest BCUT2D eigenvalue weighted by Gasteiger charge is -2.32. The maximum atomic E-state index is 15.2. The molecule has 2 aromatic heterocycles. The molecule has 4 aromatic rings. The lowest BCUT2D eigenvalue weighted by Crippen LogP contribution is -2.34. The number of piperidine rings is 1. The fourth-order valence-corrected chi connectivity index (χ4v) is 5.61. The summed E-state index contributed by atoms with van der Waals surface area (Å²) in [7, 11) is 0. The SMILES string of the molecule is CC(F)(F)c1nc(C2CCN(c3ncnc4c(-c5ccc(C(O)N6CCC(O)C6)c(F)c5)cc(F)cc34)CC2)no1. The molecule has 0 spiro atoms. The molecule has 2 N–H and O–H groups in total. The molecule has 216 valence electrons. The number of aliphatic hydroxyl groups is 2. The molecule has 9 nitrogen and oxygen atoms in total. The number of fused-ring (bicyclic) bond motifs is 1. The van der Waals surface area contributed by atoms with Gasteiger partial charge in [0, 0.05) is 55.5 Å². The van der Waals surface area contributed by atoms with Crippen molar-refractivity contribution >= 4 is 16.7 Å². The van der Waals surface area contributed by atoms with Crippen LogP contribution in [0.2, 0.25) is 0 Å². The summed E-state index contributed by atoms with van der Waals surface area (Å²) in [5.74, 6) is -4.57. The Labute approximate surface area is 232 Å². The van der Waals surface area contributed by atoms with Gasteiger partial charge >= 0.3 is 5.92 Å². The van der Waals surface area contributed by atoms with Crippen molar-refractivity contribution in [2.45, 2.75) is 50.4 Å². The standard InChI is InChI=1S/C28H28F4N6O3/c1-28(31,32)27-35-24(36-41-27)15-4-7-37(8-5-15)25-21-12-17(29)11-20(23(21)33-14-34-25)16-2-3-19(22(30)10-16)26(40)38-9-6-18(39)13-38/h2-3,10-12,14-15,18,26,39-40H,4-9,13H2,1H3. The third-order valence-electron chi connectivity index (χ3n) is 7.79. The summed E-state index contributed by atoms with van der Waals surface area (Å²) < 4.78 is 61.9. The van der Waals surface area contributed by atoms with E-state index in [1.54, 1.807) is 11.0 Å². The van der Waals surface area contributed by atoms with E-state index < -0.39 is 35.8 Å². The minimum absolute atomic E-state index is 0.0677. The first-order valence-corrected chi connectivity index (χ1v) is 13.4. The van der Waals surface area contributed by atoms with Crippen LogP contribution in [-0.2, 0) is 5.92 Å². The second kappa shape index (κ2) is 10.6. The fraction of sp³-hybridized carbons (Fsp3) is 0.429. The summed E-state index contributed by atoms with van der Waals surface area (Å²) in [4.78, 5) is 16.2. The minimum atomic E-state index is -3.21. The lowest BCUT2D eigenvalue weighted by molar-refractivity contribution is -0.0158. The molecule has 0 bridgehead atoms. The summed E-state index contributed by atoms with van der Waals surface area (Å²) in [5, 5.41) is 24.6. The average molecular weight is 573 g/mol. The van der Waals surface area contributed by atoms with E-state index in [0.717, 1.165) is 0 Å². The average Bonchev–Trinajstić information content (AvgIpc) is 3.62. The van der Waals surface area contributed by atoms with E-state index in [4.69, 9.17) is 4.52 Å². The van der Waals surface area contributed by atoms with Crippen molar-refractivity contribution in [1.82, 2.24) is 25.0 Å². The van der Waals surface area contributed by atoms with Crippen molar-refractivity contribution in [3.05, 3.63) is 65.6 Å². The van der Waals surface area contributed by atoms with Gasteiger partial charge in [-0.2, -0.15) is 13.8 Å². The third kappa shape index (κ3) is 5.36. The Balaban J connectivity index is 1.26. The molecule has 2 fully saturated rings. The van der Waals surface area contributed by atoms with Crippen molar-refractivity contribution in [2.75, 3.05) is 31.1 Å². The highest BCUT2D eigenvalue weighted by molar-refractivity contribution is 5.99. The maximum Gasteiger partial charge on any atom is 0.322 e. The number of hydrogen-bond donors (Lipinski definition) is 2. The van der Waals surface area contributed by atoms with Crippen molar-refractivity contribution in [1.29, 1.82) is 0 Å². The van der Waals surface area contributed by atoms with Crippen LogP contribution in [-0.4, -0.2) is 67.5 Å². The number of aromatic nitrogens is 4. The number of alkyl halides is 2. The Kier molecular flexibility index (Phi) is 7.12. The molecule has 2 aliphatic rings. The number of benzene rings is 2. The van der Waals surface area contributed by atoms with Crippen molar-refractivity contribution in [3.63, 3.8) is 0 Å². The van der Waals surface area contributed by atoms with E-state index in [2.05, 4.69) is 20.1 Å². The van der Waals surface area contributed by atoms with Gasteiger partial charge in [-0.05, 0) is 43.0 Å². The molecule has 0 saturated carbocycles. The Hall–Kier alpha value is -3.68. The molecule has 2 saturated heterocycles. The normalized spacial score (nSPS) is 19.8. The van der Waals surface area contributed by atoms with Gasteiger partial charge in [-0.25, -0.2) is 18.7 Å². The van der Waals surface area contributed by atoms with E-state index in [-0.39, 0.29) is 23.9 Å². The number of anilines is 1. The van der Waals surface area contributed by atoms with Crippen LogP contribution in [0.5, 0.6) is 0 Å². The quantitative estimate of drug-likeness (QED) is 0.323. The van der Waals surface area contributed by atoms with Gasteiger partial charge in [0.2, 0.25) is 0 Å². The van der Waals surface area contributed by atoms with Crippen LogP contribution in [0.3, 0.4) is 0 Å². The van der Waals surface area contributed by atoms with Crippen molar-refractivity contribution in [3.8, 4) is 11.1 Å². The molecule has 2 atom stereocenters. The van der Waals surface area contributed by atoms with Crippen LogP contribution < -0.4 is 4.90 Å². The Bertz CT molecular complexity index is 1570. The van der Waals surface area contributed by atoms with Crippen LogP contribution in [0.1, 0.15) is 55.6 Å². The molecule has 4 heterocycles. The van der Waals surface area contributed by atoms with Crippen LogP contribution in [0.4, 0.5) is 23.4 Å². The number of halogens is 4. The van der Waals surface area contributed by atoms with Gasteiger partial charge in [0.05, 0.1) is 11.6 Å². The second-order valence-electron chi connectivity index (χ2n) is 10.7. The molecule has 0 amide bonds. The highest BCUT2D eigenvalue weighted by Gasteiger charge is 2.34. The molecular formula is C28H28F4N6O3. The highest BCUT2D eigenvalue weighted by Crippen LogP contribution is 2.37. The second-order valence-corrected chi connectivity index (χ2v) is 10.7. The van der Waals surface area contributed by atoms with Crippen LogP contribution in [0.15, 0.2) is 41.2 Å². The zero-order chi connectivity index (χ0) is 28.9. The Morgan fingerprint density at radius 2 is 1.83 bits per heavy atom.